The third kappa shape index (κ3) is 2.78. The van der Waals surface area contributed by atoms with Crippen molar-refractivity contribution in [1.82, 2.24) is 9.78 Å². The highest BCUT2D eigenvalue weighted by molar-refractivity contribution is 14.1. The second-order valence-electron chi connectivity index (χ2n) is 2.41. The first kappa shape index (κ1) is 8.99. The number of methoxy groups -OCH3 is 1. The van der Waals surface area contributed by atoms with Crippen LogP contribution >= 0.6 is 22.6 Å². The van der Waals surface area contributed by atoms with Crippen LogP contribution in [0.15, 0.2) is 12.3 Å². The lowest BCUT2D eigenvalue weighted by Crippen LogP contribution is -2.14. The average Bonchev–Trinajstić information content (AvgIpc) is 2.35. The molecule has 0 spiro atoms. The molecule has 0 aliphatic heterocycles. The molecule has 0 saturated carbocycles. The monoisotopic (exact) mass is 266 g/mol. The van der Waals surface area contributed by atoms with Gasteiger partial charge in [0.25, 0.3) is 0 Å². The molecule has 4 heteroatoms. The molecule has 0 fully saturated rings. The van der Waals surface area contributed by atoms with Crippen molar-refractivity contribution in [2.45, 2.75) is 19.6 Å². The molecule has 0 saturated heterocycles. The SMILES string of the molecule is COC(C)Cn1ccc(I)n1. The summed E-state index contributed by atoms with van der Waals surface area (Å²) in [7, 11) is 1.71. The molecule has 0 N–H and O–H groups in total. The number of ether oxygens (including phenoxy) is 1. The van der Waals surface area contributed by atoms with Crippen LogP contribution in [0.1, 0.15) is 6.92 Å². The molecule has 1 rings (SSSR count). The normalized spacial score (nSPS) is 13.4. The molecule has 0 aromatic carbocycles. The molecule has 1 unspecified atom stereocenters. The second-order valence-corrected chi connectivity index (χ2v) is 3.51. The van der Waals surface area contributed by atoms with Crippen LogP contribution in [0.4, 0.5) is 0 Å². The van der Waals surface area contributed by atoms with Crippen LogP contribution in [0.25, 0.3) is 0 Å². The van der Waals surface area contributed by atoms with E-state index in [1.54, 1.807) is 7.11 Å². The highest BCUT2D eigenvalue weighted by Gasteiger charge is 2.00. The predicted octanol–water partition coefficient (Wildman–Crippen LogP) is 1.52. The van der Waals surface area contributed by atoms with Gasteiger partial charge in [-0.05, 0) is 35.6 Å². The van der Waals surface area contributed by atoms with Gasteiger partial charge in [0.1, 0.15) is 3.70 Å². The summed E-state index contributed by atoms with van der Waals surface area (Å²) in [6, 6.07) is 1.98. The lowest BCUT2D eigenvalue weighted by molar-refractivity contribution is 0.0997. The number of nitrogens with zero attached hydrogens (tertiary/aromatic N) is 2. The van der Waals surface area contributed by atoms with E-state index in [1.807, 2.05) is 23.9 Å². The lowest BCUT2D eigenvalue weighted by atomic mass is 10.4. The van der Waals surface area contributed by atoms with Crippen molar-refractivity contribution in [3.8, 4) is 0 Å². The minimum Gasteiger partial charge on any atom is -0.380 e. The first-order valence-electron chi connectivity index (χ1n) is 3.44. The topological polar surface area (TPSA) is 27.1 Å². The summed E-state index contributed by atoms with van der Waals surface area (Å²) in [5.74, 6) is 0. The van der Waals surface area contributed by atoms with E-state index in [-0.39, 0.29) is 6.10 Å². The van der Waals surface area contributed by atoms with E-state index in [0.717, 1.165) is 10.2 Å². The molecule has 1 aromatic heterocycles. The van der Waals surface area contributed by atoms with Crippen molar-refractivity contribution >= 4 is 22.6 Å². The standard InChI is InChI=1S/C7H11IN2O/c1-6(11-2)5-10-4-3-7(8)9-10/h3-4,6H,5H2,1-2H3. The van der Waals surface area contributed by atoms with E-state index in [1.165, 1.54) is 0 Å². The summed E-state index contributed by atoms with van der Waals surface area (Å²) in [5, 5.41) is 4.22. The Morgan fingerprint density at radius 3 is 3.00 bits per heavy atom. The highest BCUT2D eigenvalue weighted by atomic mass is 127. The molecule has 0 aliphatic carbocycles. The highest BCUT2D eigenvalue weighted by Crippen LogP contribution is 2.00. The van der Waals surface area contributed by atoms with Crippen LogP contribution in [0, 0.1) is 3.70 Å². The van der Waals surface area contributed by atoms with Crippen LogP contribution in [0.2, 0.25) is 0 Å². The van der Waals surface area contributed by atoms with E-state index >= 15 is 0 Å². The van der Waals surface area contributed by atoms with E-state index in [0.29, 0.717) is 0 Å². The van der Waals surface area contributed by atoms with Crippen molar-refractivity contribution in [3.63, 3.8) is 0 Å². The molecule has 3 nitrogen and oxygen atoms in total. The first-order valence-corrected chi connectivity index (χ1v) is 4.52. The quantitative estimate of drug-likeness (QED) is 0.776. The molecular formula is C7H11IN2O. The zero-order chi connectivity index (χ0) is 8.27. The van der Waals surface area contributed by atoms with Gasteiger partial charge in [0.05, 0.1) is 12.6 Å². The molecule has 0 radical (unpaired) electrons. The van der Waals surface area contributed by atoms with Crippen LogP contribution in [0.5, 0.6) is 0 Å². The number of rotatable bonds is 3. The van der Waals surface area contributed by atoms with Gasteiger partial charge in [0.15, 0.2) is 0 Å². The summed E-state index contributed by atoms with van der Waals surface area (Å²) in [6.07, 6.45) is 2.18. The van der Waals surface area contributed by atoms with Crippen molar-refractivity contribution in [1.29, 1.82) is 0 Å². The van der Waals surface area contributed by atoms with E-state index in [2.05, 4.69) is 27.7 Å². The predicted molar refractivity (Wildman–Crippen MR) is 51.4 cm³/mol. The fourth-order valence-corrected chi connectivity index (χ4v) is 1.21. The molecule has 1 aromatic rings. The maximum absolute atomic E-state index is 5.10. The van der Waals surface area contributed by atoms with Crippen molar-refractivity contribution in [2.24, 2.45) is 0 Å². The maximum Gasteiger partial charge on any atom is 0.123 e. The van der Waals surface area contributed by atoms with Crippen LogP contribution < -0.4 is 0 Å². The average molecular weight is 266 g/mol. The Hall–Kier alpha value is -0.100. The Bertz CT molecular complexity index is 224. The summed E-state index contributed by atoms with van der Waals surface area (Å²) in [5.41, 5.74) is 0. The van der Waals surface area contributed by atoms with Gasteiger partial charge in [-0.2, -0.15) is 5.10 Å². The first-order chi connectivity index (χ1) is 5.22. The number of aromatic nitrogens is 2. The van der Waals surface area contributed by atoms with Gasteiger partial charge in [-0.1, -0.05) is 0 Å². The van der Waals surface area contributed by atoms with Crippen molar-refractivity contribution < 1.29 is 4.74 Å². The Balaban J connectivity index is 2.50. The Kier molecular flexibility index (Phi) is 3.32. The number of hydrogen-bond donors (Lipinski definition) is 0. The van der Waals surface area contributed by atoms with E-state index < -0.39 is 0 Å². The smallest absolute Gasteiger partial charge is 0.123 e. The fraction of sp³-hybridized carbons (Fsp3) is 0.571. The fourth-order valence-electron chi connectivity index (χ4n) is 0.777. The summed E-state index contributed by atoms with van der Waals surface area (Å²) >= 11 is 2.19. The third-order valence-corrected chi connectivity index (χ3v) is 2.03. The second kappa shape index (κ2) is 4.06. The van der Waals surface area contributed by atoms with Gasteiger partial charge in [-0.25, -0.2) is 0 Å². The van der Waals surface area contributed by atoms with Crippen LogP contribution in [-0.2, 0) is 11.3 Å². The summed E-state index contributed by atoms with van der Waals surface area (Å²) < 4.78 is 8.00. The van der Waals surface area contributed by atoms with E-state index in [4.69, 9.17) is 4.74 Å². The molecule has 0 bridgehead atoms. The molecule has 0 amide bonds. The Labute approximate surface area is 79.9 Å². The lowest BCUT2D eigenvalue weighted by Gasteiger charge is -2.08. The van der Waals surface area contributed by atoms with Crippen molar-refractivity contribution in [3.05, 3.63) is 16.0 Å². The molecule has 1 atom stereocenters. The van der Waals surface area contributed by atoms with Gasteiger partial charge in [-0.15, -0.1) is 0 Å². The molecule has 1 heterocycles. The van der Waals surface area contributed by atoms with Gasteiger partial charge in [0, 0.05) is 13.3 Å². The Morgan fingerprint density at radius 2 is 2.55 bits per heavy atom. The third-order valence-electron chi connectivity index (χ3n) is 1.45. The molecule has 0 aliphatic rings. The van der Waals surface area contributed by atoms with Gasteiger partial charge < -0.3 is 4.74 Å². The maximum atomic E-state index is 5.10. The summed E-state index contributed by atoms with van der Waals surface area (Å²) in [6.45, 7) is 2.84. The molecular weight excluding hydrogens is 255 g/mol. The summed E-state index contributed by atoms with van der Waals surface area (Å²) in [4.78, 5) is 0. The van der Waals surface area contributed by atoms with Gasteiger partial charge in [-0.3, -0.25) is 4.68 Å². The largest absolute Gasteiger partial charge is 0.380 e. The zero-order valence-electron chi connectivity index (χ0n) is 6.62. The zero-order valence-corrected chi connectivity index (χ0v) is 8.78. The molecule has 11 heavy (non-hydrogen) atoms. The van der Waals surface area contributed by atoms with Crippen LogP contribution in [0.3, 0.4) is 0 Å². The minimum absolute atomic E-state index is 0.227. The van der Waals surface area contributed by atoms with Crippen LogP contribution in [-0.4, -0.2) is 23.0 Å². The van der Waals surface area contributed by atoms with E-state index in [9.17, 15) is 0 Å². The Morgan fingerprint density at radius 1 is 1.82 bits per heavy atom. The molecule has 62 valence electrons. The van der Waals surface area contributed by atoms with Gasteiger partial charge >= 0.3 is 0 Å². The minimum atomic E-state index is 0.227. The van der Waals surface area contributed by atoms with Crippen molar-refractivity contribution in [2.75, 3.05) is 7.11 Å². The number of halogens is 1. The number of hydrogen-bond acceptors (Lipinski definition) is 2. The van der Waals surface area contributed by atoms with Gasteiger partial charge in [0.2, 0.25) is 0 Å².